The average molecular weight is 190 g/mol. The summed E-state index contributed by atoms with van der Waals surface area (Å²) in [4.78, 5) is 10.6. The minimum Gasteiger partial charge on any atom is -0.300 e. The van der Waals surface area contributed by atoms with Gasteiger partial charge in [-0.05, 0) is 25.7 Å². The van der Waals surface area contributed by atoms with Crippen LogP contribution in [-0.2, 0) is 4.79 Å². The second-order valence-electron chi connectivity index (χ2n) is 3.03. The van der Waals surface area contributed by atoms with E-state index in [1.54, 1.807) is 6.92 Å². The molecular formula is C8H14OS2. The third-order valence-corrected chi connectivity index (χ3v) is 4.53. The van der Waals surface area contributed by atoms with Crippen molar-refractivity contribution in [3.63, 3.8) is 0 Å². The Hall–Kier alpha value is 0.370. The predicted molar refractivity (Wildman–Crippen MR) is 52.9 cm³/mol. The molecule has 1 fully saturated rings. The van der Waals surface area contributed by atoms with Crippen molar-refractivity contribution in [2.75, 3.05) is 11.5 Å². The third-order valence-electron chi connectivity index (χ3n) is 1.83. The molecule has 11 heavy (non-hydrogen) atoms. The maximum Gasteiger partial charge on any atom is 0.129 e. The van der Waals surface area contributed by atoms with Crippen LogP contribution in [0.25, 0.3) is 0 Å². The first-order chi connectivity index (χ1) is 5.29. The van der Waals surface area contributed by atoms with Crippen LogP contribution in [0.3, 0.4) is 0 Å². The van der Waals surface area contributed by atoms with E-state index >= 15 is 0 Å². The van der Waals surface area contributed by atoms with Gasteiger partial charge < -0.3 is 4.79 Å². The van der Waals surface area contributed by atoms with Crippen molar-refractivity contribution in [2.24, 2.45) is 5.92 Å². The number of rotatable bonds is 4. The van der Waals surface area contributed by atoms with E-state index in [1.165, 1.54) is 17.9 Å². The van der Waals surface area contributed by atoms with Crippen molar-refractivity contribution in [1.29, 1.82) is 0 Å². The van der Waals surface area contributed by atoms with Crippen molar-refractivity contribution >= 4 is 27.4 Å². The Morgan fingerprint density at radius 2 is 2.09 bits per heavy atom. The summed E-state index contributed by atoms with van der Waals surface area (Å²) in [5, 5.41) is 0. The van der Waals surface area contributed by atoms with Crippen LogP contribution in [0.4, 0.5) is 0 Å². The van der Waals surface area contributed by atoms with E-state index < -0.39 is 0 Å². The molecule has 64 valence electrons. The van der Waals surface area contributed by atoms with Gasteiger partial charge in [0.15, 0.2) is 0 Å². The van der Waals surface area contributed by atoms with Crippen LogP contribution in [0.15, 0.2) is 0 Å². The van der Waals surface area contributed by atoms with Crippen LogP contribution in [0.5, 0.6) is 0 Å². The molecule has 0 bridgehead atoms. The van der Waals surface area contributed by atoms with E-state index in [2.05, 4.69) is 0 Å². The van der Waals surface area contributed by atoms with E-state index in [0.29, 0.717) is 5.78 Å². The Morgan fingerprint density at radius 1 is 1.45 bits per heavy atom. The van der Waals surface area contributed by atoms with Crippen molar-refractivity contribution in [1.82, 2.24) is 0 Å². The topological polar surface area (TPSA) is 17.1 Å². The van der Waals surface area contributed by atoms with Gasteiger partial charge in [-0.2, -0.15) is 0 Å². The molecule has 0 amide bonds. The lowest BCUT2D eigenvalue weighted by atomic mass is 10.1. The number of hydrogen-bond donors (Lipinski definition) is 0. The first kappa shape index (κ1) is 9.46. The molecule has 0 radical (unpaired) electrons. The highest BCUT2D eigenvalue weighted by molar-refractivity contribution is 8.77. The minimum atomic E-state index is 0.336. The molecule has 3 heteroatoms. The minimum absolute atomic E-state index is 0.336. The Balaban J connectivity index is 1.98. The third kappa shape index (κ3) is 4.06. The van der Waals surface area contributed by atoms with Gasteiger partial charge in [0, 0.05) is 17.9 Å². The molecule has 1 saturated heterocycles. The van der Waals surface area contributed by atoms with Gasteiger partial charge >= 0.3 is 0 Å². The van der Waals surface area contributed by atoms with Gasteiger partial charge in [0.25, 0.3) is 0 Å². The Labute approximate surface area is 76.1 Å². The quantitative estimate of drug-likeness (QED) is 0.635. The number of Topliss-reactive ketones (excluding diaryl/α,β-unsaturated/α-hetero) is 1. The molecule has 1 heterocycles. The van der Waals surface area contributed by atoms with Gasteiger partial charge in [0.05, 0.1) is 0 Å². The predicted octanol–water partition coefficient (Wildman–Crippen LogP) is 2.76. The number of ketones is 1. The molecule has 1 aliphatic heterocycles. The van der Waals surface area contributed by atoms with E-state index in [-0.39, 0.29) is 0 Å². The van der Waals surface area contributed by atoms with Crippen molar-refractivity contribution in [3.8, 4) is 0 Å². The first-order valence-electron chi connectivity index (χ1n) is 4.03. The smallest absolute Gasteiger partial charge is 0.129 e. The highest BCUT2D eigenvalue weighted by Crippen LogP contribution is 2.36. The summed E-state index contributed by atoms with van der Waals surface area (Å²) in [5.74, 6) is 3.80. The van der Waals surface area contributed by atoms with Gasteiger partial charge in [-0.15, -0.1) is 0 Å². The fourth-order valence-corrected chi connectivity index (χ4v) is 4.17. The molecule has 1 nitrogen and oxygen atoms in total. The summed E-state index contributed by atoms with van der Waals surface area (Å²) in [7, 11) is 3.95. The summed E-state index contributed by atoms with van der Waals surface area (Å²) < 4.78 is 0. The summed E-state index contributed by atoms with van der Waals surface area (Å²) in [6, 6.07) is 0. The van der Waals surface area contributed by atoms with E-state index in [1.807, 2.05) is 21.6 Å². The van der Waals surface area contributed by atoms with Crippen LogP contribution in [-0.4, -0.2) is 17.3 Å². The monoisotopic (exact) mass is 190 g/mol. The molecule has 0 spiro atoms. The van der Waals surface area contributed by atoms with Gasteiger partial charge in [-0.3, -0.25) is 0 Å². The molecule has 0 atom stereocenters. The fourth-order valence-electron chi connectivity index (χ4n) is 1.14. The van der Waals surface area contributed by atoms with Gasteiger partial charge in [0.2, 0.25) is 0 Å². The van der Waals surface area contributed by atoms with E-state index in [0.717, 1.165) is 18.8 Å². The SMILES string of the molecule is CC(=O)CCCC1CSSC1. The standard InChI is InChI=1S/C8H14OS2/c1-7(9)3-2-4-8-5-10-11-6-8/h8H,2-6H2,1H3. The normalized spacial score (nSPS) is 19.0. The second kappa shape index (κ2) is 5.09. The summed E-state index contributed by atoms with van der Waals surface area (Å²) in [6.07, 6.45) is 3.13. The maximum atomic E-state index is 10.6. The molecule has 0 saturated carbocycles. The van der Waals surface area contributed by atoms with Crippen LogP contribution in [0, 0.1) is 5.92 Å². The molecule has 0 N–H and O–H groups in total. The van der Waals surface area contributed by atoms with Crippen molar-refractivity contribution in [3.05, 3.63) is 0 Å². The second-order valence-corrected chi connectivity index (χ2v) is 5.58. The Kier molecular flexibility index (Phi) is 4.38. The van der Waals surface area contributed by atoms with Crippen LogP contribution in [0.1, 0.15) is 26.2 Å². The summed E-state index contributed by atoms with van der Waals surface area (Å²) >= 11 is 0. The molecule has 0 aromatic rings. The fraction of sp³-hybridized carbons (Fsp3) is 0.875. The van der Waals surface area contributed by atoms with E-state index in [9.17, 15) is 4.79 Å². The lowest BCUT2D eigenvalue weighted by Crippen LogP contribution is -2.02. The Bertz CT molecular complexity index is 130. The van der Waals surface area contributed by atoms with Crippen LogP contribution in [0.2, 0.25) is 0 Å². The highest BCUT2D eigenvalue weighted by atomic mass is 33.1. The molecule has 0 aromatic heterocycles. The number of carbonyl (C=O) groups excluding carboxylic acids is 1. The van der Waals surface area contributed by atoms with E-state index in [4.69, 9.17) is 0 Å². The molecule has 0 aromatic carbocycles. The lowest BCUT2D eigenvalue weighted by molar-refractivity contribution is -0.117. The average Bonchev–Trinajstić information content (AvgIpc) is 2.39. The van der Waals surface area contributed by atoms with Gasteiger partial charge in [-0.25, -0.2) is 0 Å². The summed E-state index contributed by atoms with van der Waals surface area (Å²) in [6.45, 7) is 1.68. The van der Waals surface area contributed by atoms with Crippen molar-refractivity contribution in [2.45, 2.75) is 26.2 Å². The van der Waals surface area contributed by atoms with Gasteiger partial charge in [0.1, 0.15) is 5.78 Å². The highest BCUT2D eigenvalue weighted by Gasteiger charge is 2.15. The molecule has 1 rings (SSSR count). The zero-order chi connectivity index (χ0) is 8.10. The maximum absolute atomic E-state index is 10.6. The first-order valence-corrected chi connectivity index (χ1v) is 6.51. The van der Waals surface area contributed by atoms with Gasteiger partial charge in [-0.1, -0.05) is 21.6 Å². The largest absolute Gasteiger partial charge is 0.300 e. The van der Waals surface area contributed by atoms with Crippen LogP contribution < -0.4 is 0 Å². The van der Waals surface area contributed by atoms with Crippen LogP contribution >= 0.6 is 21.6 Å². The number of hydrogen-bond acceptors (Lipinski definition) is 3. The summed E-state index contributed by atoms with van der Waals surface area (Å²) in [5.41, 5.74) is 0. The zero-order valence-electron chi connectivity index (χ0n) is 6.84. The molecule has 0 unspecified atom stereocenters. The van der Waals surface area contributed by atoms with Crippen molar-refractivity contribution < 1.29 is 4.79 Å². The zero-order valence-corrected chi connectivity index (χ0v) is 8.47. The Morgan fingerprint density at radius 3 is 2.64 bits per heavy atom. The molecule has 1 aliphatic rings. The lowest BCUT2D eigenvalue weighted by Gasteiger charge is -2.04. The molecular weight excluding hydrogens is 176 g/mol. The number of carbonyl (C=O) groups is 1. The molecule has 0 aliphatic carbocycles.